The van der Waals surface area contributed by atoms with Crippen LogP contribution in [0.3, 0.4) is 0 Å². The van der Waals surface area contributed by atoms with Crippen LogP contribution in [-0.4, -0.2) is 46.8 Å². The largest absolute Gasteiger partial charge is 0.494 e. The Labute approximate surface area is 153 Å². The molecule has 0 fully saturated rings. The average Bonchev–Trinajstić information content (AvgIpc) is 2.95. The number of nitrogens with zero attached hydrogens (tertiary/aromatic N) is 2. The number of hydrogen-bond acceptors (Lipinski definition) is 5. The van der Waals surface area contributed by atoms with Crippen LogP contribution in [0, 0.1) is 0 Å². The lowest BCUT2D eigenvalue weighted by Crippen LogP contribution is -2.27. The number of anilines is 1. The molecule has 1 heterocycles. The Morgan fingerprint density at radius 1 is 1.24 bits per heavy atom. The first-order valence-corrected chi connectivity index (χ1v) is 9.52. The summed E-state index contributed by atoms with van der Waals surface area (Å²) in [4.78, 5) is 30.3. The summed E-state index contributed by atoms with van der Waals surface area (Å²) in [5.74, 6) is 0.355. The Hall–Kier alpha value is -2.02. The third-order valence-corrected chi connectivity index (χ3v) is 4.96. The fourth-order valence-electron chi connectivity index (χ4n) is 2.37. The van der Waals surface area contributed by atoms with E-state index >= 15 is 0 Å². The Balaban J connectivity index is 1.85. The van der Waals surface area contributed by atoms with Crippen LogP contribution in [0.25, 0.3) is 0 Å². The number of amides is 2. The van der Waals surface area contributed by atoms with E-state index in [2.05, 4.69) is 10.3 Å². The summed E-state index contributed by atoms with van der Waals surface area (Å²) in [5.41, 5.74) is 0.689. The monoisotopic (exact) mass is 363 g/mol. The molecule has 1 aromatic rings. The van der Waals surface area contributed by atoms with Crippen LogP contribution in [-0.2, 0) is 9.59 Å². The number of ether oxygens (including phenoxy) is 1. The van der Waals surface area contributed by atoms with Gasteiger partial charge in [0.1, 0.15) is 11.0 Å². The van der Waals surface area contributed by atoms with E-state index in [0.29, 0.717) is 17.5 Å². The molecule has 0 spiro atoms. The maximum absolute atomic E-state index is 12.2. The summed E-state index contributed by atoms with van der Waals surface area (Å²) in [7, 11) is 0. The van der Waals surface area contributed by atoms with Gasteiger partial charge in [-0.05, 0) is 44.5 Å². The maximum Gasteiger partial charge on any atom is 0.262 e. The topological polar surface area (TPSA) is 71.0 Å². The zero-order chi connectivity index (χ0) is 18.2. The average molecular weight is 363 g/mol. The van der Waals surface area contributed by atoms with Crippen molar-refractivity contribution >= 4 is 34.4 Å². The first-order valence-electron chi connectivity index (χ1n) is 8.64. The van der Waals surface area contributed by atoms with Gasteiger partial charge < -0.3 is 15.0 Å². The second kappa shape index (κ2) is 9.46. The van der Waals surface area contributed by atoms with Gasteiger partial charge in [0, 0.05) is 25.2 Å². The molecule has 1 aliphatic heterocycles. The van der Waals surface area contributed by atoms with Gasteiger partial charge in [-0.1, -0.05) is 18.7 Å². The lowest BCUT2D eigenvalue weighted by Gasteiger charge is -2.19. The molecule has 7 heteroatoms. The van der Waals surface area contributed by atoms with Gasteiger partial charge in [-0.25, -0.2) is 0 Å². The summed E-state index contributed by atoms with van der Waals surface area (Å²) < 4.78 is 5.51. The first-order chi connectivity index (χ1) is 12.1. The van der Waals surface area contributed by atoms with Crippen LogP contribution < -0.4 is 10.1 Å². The van der Waals surface area contributed by atoms with E-state index in [4.69, 9.17) is 4.74 Å². The van der Waals surface area contributed by atoms with Crippen molar-refractivity contribution in [3.63, 3.8) is 0 Å². The van der Waals surface area contributed by atoms with Crippen molar-refractivity contribution in [1.82, 2.24) is 4.90 Å². The number of nitrogens with one attached hydrogen (secondary N) is 1. The summed E-state index contributed by atoms with van der Waals surface area (Å²) in [6.45, 7) is 8.34. The molecule has 6 nitrogen and oxygen atoms in total. The maximum atomic E-state index is 12.2. The summed E-state index contributed by atoms with van der Waals surface area (Å²) >= 11 is 1.37. The molecule has 0 aromatic heterocycles. The van der Waals surface area contributed by atoms with Gasteiger partial charge in [-0.2, -0.15) is 4.99 Å². The van der Waals surface area contributed by atoms with E-state index in [1.807, 2.05) is 37.8 Å². The van der Waals surface area contributed by atoms with E-state index in [1.54, 1.807) is 12.1 Å². The van der Waals surface area contributed by atoms with Crippen LogP contribution in [0.15, 0.2) is 29.3 Å². The van der Waals surface area contributed by atoms with E-state index in [-0.39, 0.29) is 18.2 Å². The number of benzene rings is 1. The minimum Gasteiger partial charge on any atom is -0.494 e. The number of thioether (sulfide) groups is 1. The van der Waals surface area contributed by atoms with Crippen molar-refractivity contribution in [2.24, 2.45) is 4.99 Å². The van der Waals surface area contributed by atoms with Crippen LogP contribution in [0.1, 0.15) is 33.6 Å². The highest BCUT2D eigenvalue weighted by molar-refractivity contribution is 8.15. The number of aliphatic imine (C=N–C) groups is 1. The molecule has 0 bridgehead atoms. The van der Waals surface area contributed by atoms with Gasteiger partial charge in [-0.3, -0.25) is 9.59 Å². The molecule has 0 radical (unpaired) electrons. The van der Waals surface area contributed by atoms with Gasteiger partial charge in [0.15, 0.2) is 5.17 Å². The van der Waals surface area contributed by atoms with Gasteiger partial charge in [0.05, 0.1) is 6.61 Å². The smallest absolute Gasteiger partial charge is 0.262 e. The van der Waals surface area contributed by atoms with Crippen LogP contribution >= 0.6 is 11.8 Å². The normalized spacial score (nSPS) is 16.5. The predicted octanol–water partition coefficient (Wildman–Crippen LogP) is 3.14. The molecule has 136 valence electrons. The van der Waals surface area contributed by atoms with Gasteiger partial charge in [-0.15, -0.1) is 0 Å². The number of hydrogen-bond donors (Lipinski definition) is 1. The van der Waals surface area contributed by atoms with E-state index in [1.165, 1.54) is 11.8 Å². The number of carbonyl (C=O) groups is 2. The van der Waals surface area contributed by atoms with Crippen LogP contribution in [0.5, 0.6) is 5.75 Å². The third kappa shape index (κ3) is 5.49. The Kier molecular flexibility index (Phi) is 7.31. The Bertz CT molecular complexity index is 627. The summed E-state index contributed by atoms with van der Waals surface area (Å²) in [5, 5.41) is 3.09. The van der Waals surface area contributed by atoms with Gasteiger partial charge in [0.25, 0.3) is 5.91 Å². The third-order valence-electron chi connectivity index (χ3n) is 3.74. The predicted molar refractivity (Wildman–Crippen MR) is 102 cm³/mol. The minimum atomic E-state index is -0.442. The second-order valence-corrected chi connectivity index (χ2v) is 6.81. The standard InChI is InChI=1S/C18H25N3O3S/c1-4-11-24-14-9-7-13(8-10-14)19-16(22)12-15-17(23)20-18(25-15)21(5-2)6-3/h7-10,15H,4-6,11-12H2,1-3H3,(H,19,22). The van der Waals surface area contributed by atoms with Gasteiger partial charge >= 0.3 is 0 Å². The zero-order valence-electron chi connectivity index (χ0n) is 14.9. The number of amidine groups is 1. The highest BCUT2D eigenvalue weighted by atomic mass is 32.2. The Morgan fingerprint density at radius 2 is 1.92 bits per heavy atom. The molecule has 0 aliphatic carbocycles. The van der Waals surface area contributed by atoms with Crippen molar-refractivity contribution in [1.29, 1.82) is 0 Å². The van der Waals surface area contributed by atoms with Crippen molar-refractivity contribution in [3.05, 3.63) is 24.3 Å². The molecule has 25 heavy (non-hydrogen) atoms. The molecule has 1 atom stereocenters. The molecule has 1 N–H and O–H groups in total. The lowest BCUT2D eigenvalue weighted by atomic mass is 10.2. The fourth-order valence-corrected chi connectivity index (χ4v) is 3.57. The quantitative estimate of drug-likeness (QED) is 0.768. The van der Waals surface area contributed by atoms with E-state index in [0.717, 1.165) is 25.3 Å². The fraction of sp³-hybridized carbons (Fsp3) is 0.500. The molecule has 1 aromatic carbocycles. The molecule has 2 rings (SSSR count). The number of carbonyl (C=O) groups excluding carboxylic acids is 2. The highest BCUT2D eigenvalue weighted by Crippen LogP contribution is 2.27. The van der Waals surface area contributed by atoms with Gasteiger partial charge in [0.2, 0.25) is 5.91 Å². The SMILES string of the molecule is CCCOc1ccc(NC(=O)CC2SC(N(CC)CC)=NC2=O)cc1. The first kappa shape index (κ1) is 19.3. The summed E-state index contributed by atoms with van der Waals surface area (Å²) in [6.07, 6.45) is 1.06. The van der Waals surface area contributed by atoms with Crippen molar-refractivity contribution in [2.75, 3.05) is 25.0 Å². The molecule has 2 amide bonds. The van der Waals surface area contributed by atoms with Crippen molar-refractivity contribution in [3.8, 4) is 5.75 Å². The summed E-state index contributed by atoms with van der Waals surface area (Å²) in [6, 6.07) is 7.24. The Morgan fingerprint density at radius 3 is 2.52 bits per heavy atom. The highest BCUT2D eigenvalue weighted by Gasteiger charge is 2.32. The number of rotatable bonds is 8. The lowest BCUT2D eigenvalue weighted by molar-refractivity contribution is -0.121. The molecule has 0 saturated heterocycles. The molecule has 1 aliphatic rings. The van der Waals surface area contributed by atoms with Crippen LogP contribution in [0.4, 0.5) is 5.69 Å². The second-order valence-electron chi connectivity index (χ2n) is 5.64. The van der Waals surface area contributed by atoms with Crippen molar-refractivity contribution < 1.29 is 14.3 Å². The molecular formula is C18H25N3O3S. The molecular weight excluding hydrogens is 338 g/mol. The van der Waals surface area contributed by atoms with E-state index in [9.17, 15) is 9.59 Å². The molecule has 1 unspecified atom stereocenters. The van der Waals surface area contributed by atoms with Crippen molar-refractivity contribution in [2.45, 2.75) is 38.9 Å². The van der Waals surface area contributed by atoms with E-state index < -0.39 is 5.25 Å². The van der Waals surface area contributed by atoms with Crippen LogP contribution in [0.2, 0.25) is 0 Å². The molecule has 0 saturated carbocycles. The zero-order valence-corrected chi connectivity index (χ0v) is 15.8. The minimum absolute atomic E-state index is 0.117.